The van der Waals surface area contributed by atoms with E-state index < -0.39 is 0 Å². The van der Waals surface area contributed by atoms with Crippen LogP contribution in [0.2, 0.25) is 0 Å². The highest BCUT2D eigenvalue weighted by atomic mass is 16.5. The summed E-state index contributed by atoms with van der Waals surface area (Å²) in [5.41, 5.74) is 1.20. The first-order valence-corrected chi connectivity index (χ1v) is 8.39. The smallest absolute Gasteiger partial charge is 0.254 e. The Labute approximate surface area is 151 Å². The Hall–Kier alpha value is -3.09. The van der Waals surface area contributed by atoms with E-state index in [4.69, 9.17) is 4.74 Å². The van der Waals surface area contributed by atoms with Crippen LogP contribution in [0.5, 0.6) is 5.75 Å². The number of nitrogens with one attached hydrogen (secondary N) is 1. The van der Waals surface area contributed by atoms with Gasteiger partial charge in [-0.25, -0.2) is 0 Å². The van der Waals surface area contributed by atoms with Crippen LogP contribution in [0.3, 0.4) is 0 Å². The number of hydrogen-bond donors (Lipinski definition) is 1. The molecule has 2 heterocycles. The summed E-state index contributed by atoms with van der Waals surface area (Å²) in [6, 6.07) is 12.0. The topological polar surface area (TPSA) is 80.6 Å². The van der Waals surface area contributed by atoms with Crippen molar-refractivity contribution in [2.24, 2.45) is 7.05 Å². The van der Waals surface area contributed by atoms with Gasteiger partial charge in [-0.05, 0) is 25.1 Å². The fourth-order valence-electron chi connectivity index (χ4n) is 2.67. The van der Waals surface area contributed by atoms with Crippen LogP contribution < -0.4 is 15.6 Å². The largest absolute Gasteiger partial charge is 0.486 e. The average Bonchev–Trinajstić information content (AvgIpc) is 2.60. The maximum atomic E-state index is 12.1. The lowest BCUT2D eigenvalue weighted by Crippen LogP contribution is -2.58. The molecule has 3 rings (SSSR count). The minimum atomic E-state index is -0.275. The molecule has 7 heteroatoms. The average molecular weight is 355 g/mol. The number of likely N-dealkylation sites (tertiary alicyclic amines) is 1. The quantitative estimate of drug-likeness (QED) is 0.857. The molecular formula is C19H21N3O4. The highest BCUT2D eigenvalue weighted by Crippen LogP contribution is 2.17. The van der Waals surface area contributed by atoms with Crippen molar-refractivity contribution in [2.75, 3.05) is 19.6 Å². The van der Waals surface area contributed by atoms with Crippen molar-refractivity contribution < 1.29 is 14.3 Å². The zero-order chi connectivity index (χ0) is 18.7. The molecule has 0 unspecified atom stereocenters. The minimum absolute atomic E-state index is 0.0502. The third-order valence-electron chi connectivity index (χ3n) is 4.42. The van der Waals surface area contributed by atoms with Gasteiger partial charge >= 0.3 is 0 Å². The summed E-state index contributed by atoms with van der Waals surface area (Å²) in [5.74, 6) is 0.0808. The van der Waals surface area contributed by atoms with E-state index in [0.717, 1.165) is 5.69 Å². The molecule has 1 saturated heterocycles. The summed E-state index contributed by atoms with van der Waals surface area (Å²) in [6.07, 6.45) is -0.143. The molecule has 7 nitrogen and oxygen atoms in total. The molecule has 1 aliphatic rings. The molecule has 0 saturated carbocycles. The summed E-state index contributed by atoms with van der Waals surface area (Å²) in [4.78, 5) is 37.4. The van der Waals surface area contributed by atoms with Crippen molar-refractivity contribution in [1.82, 2.24) is 14.8 Å². The van der Waals surface area contributed by atoms with E-state index in [-0.39, 0.29) is 30.0 Å². The SMILES string of the molecule is Cc1cc(OC2CN(C(=O)CNC(=O)c3ccccc3)C2)cc(=O)n1C. The Balaban J connectivity index is 1.45. The Morgan fingerprint density at radius 1 is 1.19 bits per heavy atom. The maximum absolute atomic E-state index is 12.1. The maximum Gasteiger partial charge on any atom is 0.254 e. The van der Waals surface area contributed by atoms with Crippen molar-refractivity contribution in [3.05, 3.63) is 64.1 Å². The highest BCUT2D eigenvalue weighted by Gasteiger charge is 2.32. The van der Waals surface area contributed by atoms with Crippen LogP contribution in [-0.4, -0.2) is 47.0 Å². The van der Waals surface area contributed by atoms with Crippen molar-refractivity contribution >= 4 is 11.8 Å². The monoisotopic (exact) mass is 355 g/mol. The first kappa shape index (κ1) is 17.7. The standard InChI is InChI=1S/C19H21N3O4/c1-13-8-15(9-17(23)21(13)2)26-16-11-22(12-16)18(24)10-20-19(25)14-6-4-3-5-7-14/h3-9,16H,10-12H2,1-2H3,(H,20,25). The molecule has 2 amide bonds. The van der Waals surface area contributed by atoms with Gasteiger partial charge in [-0.3, -0.25) is 14.4 Å². The Morgan fingerprint density at radius 2 is 1.88 bits per heavy atom. The molecular weight excluding hydrogens is 334 g/mol. The molecule has 0 aliphatic carbocycles. The number of nitrogens with zero attached hydrogens (tertiary/aromatic N) is 2. The van der Waals surface area contributed by atoms with Gasteiger partial charge in [-0.2, -0.15) is 0 Å². The number of carbonyl (C=O) groups is 2. The lowest BCUT2D eigenvalue weighted by atomic mass is 10.1. The molecule has 1 N–H and O–H groups in total. The van der Waals surface area contributed by atoms with Gasteiger partial charge in [0.05, 0.1) is 19.6 Å². The van der Waals surface area contributed by atoms with Gasteiger partial charge < -0.3 is 19.5 Å². The van der Waals surface area contributed by atoms with E-state index in [1.165, 1.54) is 6.07 Å². The Bertz CT molecular complexity index is 870. The molecule has 0 spiro atoms. The molecule has 0 bridgehead atoms. The first-order chi connectivity index (χ1) is 12.4. The van der Waals surface area contributed by atoms with Gasteiger partial charge in [-0.15, -0.1) is 0 Å². The van der Waals surface area contributed by atoms with Gasteiger partial charge in [0.2, 0.25) is 5.91 Å². The third kappa shape index (κ3) is 3.93. The molecule has 0 atom stereocenters. The van der Waals surface area contributed by atoms with Gasteiger partial charge in [-0.1, -0.05) is 18.2 Å². The molecule has 1 aliphatic heterocycles. The molecule has 136 valence electrons. The molecule has 1 aromatic heterocycles. The van der Waals surface area contributed by atoms with Crippen LogP contribution in [0.4, 0.5) is 0 Å². The predicted octanol–water partition coefficient (Wildman–Crippen LogP) is 0.713. The van der Waals surface area contributed by atoms with E-state index >= 15 is 0 Å². The molecule has 2 aromatic rings. The minimum Gasteiger partial charge on any atom is -0.486 e. The number of carbonyl (C=O) groups excluding carboxylic acids is 2. The predicted molar refractivity (Wildman–Crippen MR) is 96.2 cm³/mol. The summed E-state index contributed by atoms with van der Waals surface area (Å²) < 4.78 is 7.29. The number of hydrogen-bond acceptors (Lipinski definition) is 4. The second-order valence-electron chi connectivity index (χ2n) is 6.32. The molecule has 26 heavy (non-hydrogen) atoms. The van der Waals surface area contributed by atoms with E-state index in [2.05, 4.69) is 5.32 Å². The molecule has 1 fully saturated rings. The van der Waals surface area contributed by atoms with Crippen molar-refractivity contribution in [2.45, 2.75) is 13.0 Å². The zero-order valence-electron chi connectivity index (χ0n) is 14.8. The normalized spacial score (nSPS) is 13.8. The Morgan fingerprint density at radius 3 is 2.54 bits per heavy atom. The number of benzene rings is 1. The van der Waals surface area contributed by atoms with Crippen LogP contribution in [0.15, 0.2) is 47.3 Å². The van der Waals surface area contributed by atoms with Crippen LogP contribution in [0, 0.1) is 6.92 Å². The fraction of sp³-hybridized carbons (Fsp3) is 0.316. The van der Waals surface area contributed by atoms with E-state index in [1.54, 1.807) is 46.8 Å². The van der Waals surface area contributed by atoms with Crippen molar-refractivity contribution in [3.8, 4) is 5.75 Å². The van der Waals surface area contributed by atoms with Gasteiger partial charge in [0.25, 0.3) is 11.5 Å². The molecule has 1 aromatic carbocycles. The van der Waals surface area contributed by atoms with Crippen molar-refractivity contribution in [1.29, 1.82) is 0 Å². The lowest BCUT2D eigenvalue weighted by molar-refractivity contribution is -0.138. The van der Waals surface area contributed by atoms with Crippen LogP contribution in [0.25, 0.3) is 0 Å². The summed E-state index contributed by atoms with van der Waals surface area (Å²) in [5, 5.41) is 2.62. The van der Waals surface area contributed by atoms with E-state index in [0.29, 0.717) is 24.4 Å². The Kier molecular flexibility index (Phi) is 5.06. The van der Waals surface area contributed by atoms with Crippen LogP contribution >= 0.6 is 0 Å². The first-order valence-electron chi connectivity index (χ1n) is 8.39. The van der Waals surface area contributed by atoms with E-state index in [9.17, 15) is 14.4 Å². The number of aromatic nitrogens is 1. The number of amides is 2. The van der Waals surface area contributed by atoms with Crippen molar-refractivity contribution in [3.63, 3.8) is 0 Å². The van der Waals surface area contributed by atoms with Gasteiger partial charge in [0.1, 0.15) is 11.9 Å². The number of aryl methyl sites for hydroxylation is 1. The summed E-state index contributed by atoms with van der Waals surface area (Å²) in [7, 11) is 1.70. The lowest BCUT2D eigenvalue weighted by Gasteiger charge is -2.39. The summed E-state index contributed by atoms with van der Waals surface area (Å²) >= 11 is 0. The number of rotatable bonds is 5. The summed E-state index contributed by atoms with van der Waals surface area (Å²) in [6.45, 7) is 2.66. The number of ether oxygens (including phenoxy) is 1. The van der Waals surface area contributed by atoms with Crippen LogP contribution in [-0.2, 0) is 11.8 Å². The van der Waals surface area contributed by atoms with Crippen LogP contribution in [0.1, 0.15) is 16.1 Å². The third-order valence-corrected chi connectivity index (χ3v) is 4.42. The molecule has 0 radical (unpaired) electrons. The zero-order valence-corrected chi connectivity index (χ0v) is 14.8. The second kappa shape index (κ2) is 7.43. The fourth-order valence-corrected chi connectivity index (χ4v) is 2.67. The van der Waals surface area contributed by atoms with Gasteiger partial charge in [0.15, 0.2) is 0 Å². The van der Waals surface area contributed by atoms with Gasteiger partial charge in [0, 0.05) is 24.4 Å². The van der Waals surface area contributed by atoms with E-state index in [1.807, 2.05) is 13.0 Å². The second-order valence-corrected chi connectivity index (χ2v) is 6.32. The highest BCUT2D eigenvalue weighted by molar-refractivity contribution is 5.96. The number of pyridine rings is 1.